The molecule has 0 aliphatic carbocycles. The Morgan fingerprint density at radius 1 is 0.519 bits per heavy atom. The van der Waals surface area contributed by atoms with Gasteiger partial charge >= 0.3 is 0 Å². The minimum Gasteiger partial charge on any atom is -0.394 e. The lowest BCUT2D eigenvalue weighted by Gasteiger charge is -2.23. The number of benzene rings is 4. The molecule has 13 rings (SSSR count). The van der Waals surface area contributed by atoms with Crippen LogP contribution >= 0.6 is 69.9 Å². The van der Waals surface area contributed by atoms with Crippen molar-refractivity contribution in [2.75, 3.05) is 77.3 Å². The quantitative estimate of drug-likeness (QED) is 0.0434. The van der Waals surface area contributed by atoms with Crippen molar-refractivity contribution in [2.45, 2.75) is 67.3 Å². The molecule has 0 spiro atoms. The second-order valence-corrected chi connectivity index (χ2v) is 27.2. The number of aromatic amines is 1. The lowest BCUT2D eigenvalue weighted by atomic mass is 10.1. The van der Waals surface area contributed by atoms with E-state index < -0.39 is 47.3 Å². The van der Waals surface area contributed by atoms with Gasteiger partial charge in [-0.2, -0.15) is 9.97 Å². The van der Waals surface area contributed by atoms with E-state index in [1.165, 1.54) is 44.9 Å². The van der Waals surface area contributed by atoms with Crippen molar-refractivity contribution in [3.05, 3.63) is 208 Å². The topological polar surface area (TPSA) is 278 Å². The van der Waals surface area contributed by atoms with Gasteiger partial charge in [0.25, 0.3) is 22.2 Å². The molecule has 3 N–H and O–H groups in total. The fraction of sp³-hybridized carbons (Fsp3) is 0.268. The summed E-state index contributed by atoms with van der Waals surface area (Å²) in [6.07, 6.45) is 13.4. The maximum atomic E-state index is 13.2. The number of ether oxygens (including phenoxy) is 1. The van der Waals surface area contributed by atoms with Gasteiger partial charge in [-0.1, -0.05) is 150 Å². The summed E-state index contributed by atoms with van der Waals surface area (Å²) in [6, 6.07) is 35.1. The maximum Gasteiger partial charge on any atom is 0.260 e. The smallest absolute Gasteiger partial charge is 0.260 e. The van der Waals surface area contributed by atoms with E-state index in [4.69, 9.17) is 56.2 Å². The van der Waals surface area contributed by atoms with Crippen LogP contribution in [0.3, 0.4) is 0 Å². The lowest BCUT2D eigenvalue weighted by Crippen LogP contribution is -2.29. The Hall–Kier alpha value is -8.78. The van der Waals surface area contributed by atoms with Gasteiger partial charge in [0, 0.05) is 136 Å². The van der Waals surface area contributed by atoms with Crippen LogP contribution in [0.5, 0.6) is 0 Å². The number of nitrogens with zero attached hydrogens (tertiary/aromatic N) is 11. The first-order valence-electron chi connectivity index (χ1n) is 31.8. The van der Waals surface area contributed by atoms with E-state index in [0.29, 0.717) is 128 Å². The SMILES string of the molecule is CCCF.CS(=O)(=O)c1ncc2cc(-c3ccccc3Cl)c(=O)n(CCF)c2n1.CSc1ncc2cc(-c3ccccc3Cl)c(=O)[nH]c2n1.CSc1ncc2cc(-c3ccccc3Cl)c(=O)n(CCF)c2n1.O=c1c(-c2ccccc2Cl)cc2cnc(NC3CCOCC3)nc2n1CCF.OCCF. The number of aliphatic hydroxyl groups excluding tert-OH is 1. The molecule has 104 heavy (non-hydrogen) atoms. The zero-order valence-electron chi connectivity index (χ0n) is 56.2. The molecule has 0 amide bonds. The molecular weight excluding hydrogens is 1500 g/mol. The standard InChI is InChI=1S/C20H20ClFN4O2.C16H13ClFN3O3S.C16H13ClFN3OS.C14H10ClN3OS.C3H7F.C2H5FO/c21-17-4-2-1-3-15(17)16-11-13-12-23-20(24-14-5-9-28-10-6-14)25-18(13)26(8-7-22)19(16)27;1-25(23,24)16-19-9-10-8-12(11-4-2-3-5-13(11)17)15(22)21(7-6-18)14(10)20-16;1-23-16-19-9-10-8-12(11-4-2-3-5-13(11)17)15(22)21(7-6-18)14(10)20-16;1-20-14-16-7-8-6-10(13(19)17-12(8)18-14)9-4-2-3-5-11(9)15;1-2-3-4;3-1-2-4/h1-4,11-12,14H,5-10H2,(H,23,24,25);2-5,8-9H,6-7H2,1H3;2-5,8-9H,6-7H2,1H3;2-7H,1H3,(H,16,17,18,19);2-3H2,1H3;4H,1-2H2. The average Bonchev–Trinajstić information content (AvgIpc) is 0.777. The first kappa shape index (κ1) is 80.9. The molecular formula is C71H68Cl4F5N13O8S3. The van der Waals surface area contributed by atoms with Crippen LogP contribution in [0.25, 0.3) is 88.6 Å². The number of aliphatic hydroxyl groups is 1. The van der Waals surface area contributed by atoms with E-state index in [1.54, 1.807) is 117 Å². The Balaban J connectivity index is 0.000000170. The summed E-state index contributed by atoms with van der Waals surface area (Å²) in [5, 5.41) is 15.9. The molecule has 1 aliphatic heterocycles. The van der Waals surface area contributed by atoms with E-state index >= 15 is 0 Å². The summed E-state index contributed by atoms with van der Waals surface area (Å²) in [4.78, 5) is 87.4. The summed E-state index contributed by atoms with van der Waals surface area (Å²) in [5.41, 5.74) is 4.10. The van der Waals surface area contributed by atoms with Gasteiger partial charge in [0.2, 0.25) is 20.9 Å². The Morgan fingerprint density at radius 2 is 0.885 bits per heavy atom. The van der Waals surface area contributed by atoms with Crippen molar-refractivity contribution in [3.63, 3.8) is 0 Å². The van der Waals surface area contributed by atoms with Crippen molar-refractivity contribution in [1.29, 1.82) is 0 Å². The summed E-state index contributed by atoms with van der Waals surface area (Å²) >= 11 is 27.6. The molecule has 0 saturated carbocycles. The van der Waals surface area contributed by atoms with Crippen LogP contribution in [0.1, 0.15) is 26.2 Å². The van der Waals surface area contributed by atoms with Gasteiger partial charge in [0.05, 0.1) is 32.9 Å². The Morgan fingerprint density at radius 3 is 1.28 bits per heavy atom. The number of alkyl halides is 5. The number of thioether (sulfide) groups is 2. The third kappa shape index (κ3) is 20.6. The van der Waals surface area contributed by atoms with Crippen LogP contribution in [-0.4, -0.2) is 150 Å². The van der Waals surface area contributed by atoms with E-state index in [1.807, 2.05) is 36.8 Å². The first-order chi connectivity index (χ1) is 50.2. The number of nitrogens with one attached hydrogen (secondary N) is 2. The average molecular weight is 1560 g/mol. The highest BCUT2D eigenvalue weighted by Gasteiger charge is 2.22. The highest BCUT2D eigenvalue weighted by Crippen LogP contribution is 2.32. The highest BCUT2D eigenvalue weighted by molar-refractivity contribution is 7.98. The summed E-state index contributed by atoms with van der Waals surface area (Å²) in [5.74, 6) is 0.428. The summed E-state index contributed by atoms with van der Waals surface area (Å²) in [6.45, 7) is -0.488. The van der Waals surface area contributed by atoms with Gasteiger partial charge in [-0.15, -0.1) is 0 Å². The first-order valence-corrected chi connectivity index (χ1v) is 37.7. The Labute approximate surface area is 621 Å². The van der Waals surface area contributed by atoms with E-state index in [0.717, 1.165) is 29.1 Å². The lowest BCUT2D eigenvalue weighted by molar-refractivity contribution is 0.0903. The van der Waals surface area contributed by atoms with Crippen molar-refractivity contribution < 1.29 is 40.2 Å². The van der Waals surface area contributed by atoms with Gasteiger partial charge < -0.3 is 20.1 Å². The summed E-state index contributed by atoms with van der Waals surface area (Å²) < 4.78 is 92.8. The minimum absolute atomic E-state index is 0.0571. The zero-order chi connectivity index (χ0) is 75.0. The van der Waals surface area contributed by atoms with Crippen LogP contribution < -0.4 is 27.6 Å². The predicted octanol–water partition coefficient (Wildman–Crippen LogP) is 14.6. The molecule has 1 aliphatic rings. The monoisotopic (exact) mass is 1560 g/mol. The molecule has 4 aromatic carbocycles. The number of rotatable bonds is 17. The third-order valence-electron chi connectivity index (χ3n) is 15.1. The van der Waals surface area contributed by atoms with Crippen molar-refractivity contribution >= 4 is 130 Å². The number of aromatic nitrogens is 12. The summed E-state index contributed by atoms with van der Waals surface area (Å²) in [7, 11) is -3.66. The molecule has 9 heterocycles. The van der Waals surface area contributed by atoms with E-state index in [9.17, 15) is 49.5 Å². The van der Waals surface area contributed by atoms with E-state index in [2.05, 4.69) is 50.2 Å². The number of halogens is 9. The normalized spacial score (nSPS) is 12.0. The predicted molar refractivity (Wildman–Crippen MR) is 405 cm³/mol. The second-order valence-electron chi connectivity index (χ2n) is 22.1. The minimum atomic E-state index is -3.66. The highest BCUT2D eigenvalue weighted by atomic mass is 35.5. The van der Waals surface area contributed by atoms with Crippen LogP contribution in [0.15, 0.2) is 181 Å². The molecule has 0 unspecified atom stereocenters. The van der Waals surface area contributed by atoms with Crippen LogP contribution in [-0.2, 0) is 34.2 Å². The third-order valence-corrected chi connectivity index (χ3v) is 18.4. The number of hydrogen-bond acceptors (Lipinski definition) is 19. The van der Waals surface area contributed by atoms with Gasteiger partial charge in [0.1, 0.15) is 49.3 Å². The van der Waals surface area contributed by atoms with Crippen LogP contribution in [0.4, 0.5) is 27.9 Å². The number of hydrogen-bond donors (Lipinski definition) is 3. The second kappa shape index (κ2) is 39.4. The van der Waals surface area contributed by atoms with E-state index in [-0.39, 0.29) is 66.8 Å². The fourth-order valence-corrected chi connectivity index (χ4v) is 12.4. The molecule has 21 nitrogen and oxygen atoms in total. The molecule has 546 valence electrons. The van der Waals surface area contributed by atoms with Gasteiger partial charge in [0.15, 0.2) is 10.3 Å². The van der Waals surface area contributed by atoms with Gasteiger partial charge in [-0.3, -0.25) is 37.3 Å². The Kier molecular flexibility index (Phi) is 30.6. The fourth-order valence-electron chi connectivity index (χ4n) is 10.3. The molecule has 12 aromatic rings. The Bertz CT molecular complexity index is 5330. The number of H-pyrrole nitrogens is 1. The van der Waals surface area contributed by atoms with Crippen molar-refractivity contribution in [3.8, 4) is 44.5 Å². The number of sulfone groups is 1. The van der Waals surface area contributed by atoms with Crippen LogP contribution in [0, 0.1) is 0 Å². The van der Waals surface area contributed by atoms with Gasteiger partial charge in [-0.25, -0.2) is 55.9 Å². The maximum absolute atomic E-state index is 13.2. The van der Waals surface area contributed by atoms with Crippen LogP contribution in [0.2, 0.25) is 20.1 Å². The molecule has 1 fully saturated rings. The number of fused-ring (bicyclic) bond motifs is 4. The van der Waals surface area contributed by atoms with Gasteiger partial charge in [-0.05, 0) is 80.3 Å². The molecule has 1 saturated heterocycles. The molecule has 0 radical (unpaired) electrons. The zero-order valence-corrected chi connectivity index (χ0v) is 61.7. The number of pyridine rings is 4. The van der Waals surface area contributed by atoms with Crippen molar-refractivity contribution in [2.24, 2.45) is 0 Å². The van der Waals surface area contributed by atoms with Crippen molar-refractivity contribution in [1.82, 2.24) is 58.6 Å². The molecule has 0 bridgehead atoms. The molecule has 8 aromatic heterocycles. The molecule has 0 atom stereocenters. The largest absolute Gasteiger partial charge is 0.394 e. The number of aryl methyl sites for hydroxylation is 3. The number of anilines is 1. The molecule has 33 heteroatoms.